The van der Waals surface area contributed by atoms with E-state index < -0.39 is 60.8 Å². The molecule has 130 valence electrons. The van der Waals surface area contributed by atoms with Gasteiger partial charge in [0.25, 0.3) is 0 Å². The molecule has 0 aromatic carbocycles. The zero-order valence-electron chi connectivity index (χ0n) is 12.6. The van der Waals surface area contributed by atoms with E-state index in [0.717, 1.165) is 4.90 Å². The first-order valence-corrected chi connectivity index (χ1v) is 7.25. The number of ether oxygens (including phenoxy) is 1. The predicted molar refractivity (Wildman–Crippen MR) is 74.7 cm³/mol. The van der Waals surface area contributed by atoms with Crippen molar-refractivity contribution in [2.75, 3.05) is 13.2 Å². The molecule has 2 heterocycles. The standard InChI is InChI=1S/C13H21N3O7/c1-5(18)15-3-9(19)16-6(13(14)22)2-7-10(16)12(21)11(20)8(4-17)23-7/h6-8,10-12,17,20-21H,2-4H2,1H3,(H2,14,22)(H,15,18)/t6-,7+,8+,10+,11-,12-/m0/s1. The molecule has 2 aliphatic heterocycles. The lowest BCUT2D eigenvalue weighted by Gasteiger charge is -2.42. The minimum atomic E-state index is -1.41. The highest BCUT2D eigenvalue weighted by molar-refractivity contribution is 5.90. The summed E-state index contributed by atoms with van der Waals surface area (Å²) in [5.41, 5.74) is 5.31. The third-order valence-electron chi connectivity index (χ3n) is 4.21. The van der Waals surface area contributed by atoms with Gasteiger partial charge in [0.2, 0.25) is 17.7 Å². The van der Waals surface area contributed by atoms with Crippen LogP contribution in [-0.4, -0.2) is 87.6 Å². The summed E-state index contributed by atoms with van der Waals surface area (Å²) in [6.07, 6.45) is -4.53. The number of amides is 3. The number of carbonyl (C=O) groups excluding carboxylic acids is 3. The van der Waals surface area contributed by atoms with E-state index in [-0.39, 0.29) is 13.0 Å². The molecule has 0 spiro atoms. The molecule has 0 unspecified atom stereocenters. The Morgan fingerprint density at radius 2 is 1.96 bits per heavy atom. The van der Waals surface area contributed by atoms with Gasteiger partial charge in [0.1, 0.15) is 24.4 Å². The summed E-state index contributed by atoms with van der Waals surface area (Å²) in [6, 6.07) is -2.00. The van der Waals surface area contributed by atoms with Crippen LogP contribution in [0.1, 0.15) is 13.3 Å². The van der Waals surface area contributed by atoms with Crippen molar-refractivity contribution in [3.63, 3.8) is 0 Å². The van der Waals surface area contributed by atoms with E-state index in [0.29, 0.717) is 0 Å². The number of primary amides is 1. The maximum atomic E-state index is 12.3. The van der Waals surface area contributed by atoms with Gasteiger partial charge in [-0.15, -0.1) is 0 Å². The van der Waals surface area contributed by atoms with Gasteiger partial charge in [0.15, 0.2) is 0 Å². The SMILES string of the molecule is CC(=O)NCC(=O)N1[C@H]2[C@H](O)[C@@H](O)[C@@H](CO)O[C@@H]2C[C@H]1C(N)=O. The molecule has 23 heavy (non-hydrogen) atoms. The summed E-state index contributed by atoms with van der Waals surface area (Å²) >= 11 is 0. The maximum Gasteiger partial charge on any atom is 0.243 e. The van der Waals surface area contributed by atoms with Gasteiger partial charge in [-0.1, -0.05) is 0 Å². The van der Waals surface area contributed by atoms with E-state index in [1.165, 1.54) is 6.92 Å². The largest absolute Gasteiger partial charge is 0.394 e. The van der Waals surface area contributed by atoms with E-state index in [4.69, 9.17) is 10.5 Å². The quantitative estimate of drug-likeness (QED) is 0.351. The number of aliphatic hydroxyl groups excluding tert-OH is 3. The van der Waals surface area contributed by atoms with Crippen molar-refractivity contribution in [3.8, 4) is 0 Å². The van der Waals surface area contributed by atoms with E-state index in [1.807, 2.05) is 0 Å². The minimum Gasteiger partial charge on any atom is -0.394 e. The van der Waals surface area contributed by atoms with Gasteiger partial charge in [-0.25, -0.2) is 0 Å². The molecule has 0 radical (unpaired) electrons. The third-order valence-corrected chi connectivity index (χ3v) is 4.21. The van der Waals surface area contributed by atoms with E-state index >= 15 is 0 Å². The summed E-state index contributed by atoms with van der Waals surface area (Å²) < 4.78 is 5.48. The first kappa shape index (κ1) is 17.6. The summed E-state index contributed by atoms with van der Waals surface area (Å²) in [7, 11) is 0. The molecule has 2 rings (SSSR count). The number of fused-ring (bicyclic) bond motifs is 1. The highest BCUT2D eigenvalue weighted by Crippen LogP contribution is 2.35. The number of nitrogens with one attached hydrogen (secondary N) is 1. The Bertz CT molecular complexity index is 500. The zero-order valence-corrected chi connectivity index (χ0v) is 12.6. The summed E-state index contributed by atoms with van der Waals surface area (Å²) in [5.74, 6) is -1.82. The Morgan fingerprint density at radius 1 is 1.30 bits per heavy atom. The molecule has 6 atom stereocenters. The van der Waals surface area contributed by atoms with E-state index in [2.05, 4.69) is 5.32 Å². The topological polar surface area (TPSA) is 162 Å². The summed E-state index contributed by atoms with van der Waals surface area (Å²) in [6.45, 7) is 0.358. The fourth-order valence-corrected chi connectivity index (χ4v) is 3.14. The fourth-order valence-electron chi connectivity index (χ4n) is 3.14. The Kier molecular flexibility index (Phi) is 5.19. The van der Waals surface area contributed by atoms with Crippen molar-refractivity contribution in [2.24, 2.45) is 5.73 Å². The smallest absolute Gasteiger partial charge is 0.243 e. The van der Waals surface area contributed by atoms with Crippen LogP contribution in [0.15, 0.2) is 0 Å². The molecule has 2 aliphatic rings. The monoisotopic (exact) mass is 331 g/mol. The number of nitrogens with two attached hydrogens (primary N) is 1. The van der Waals surface area contributed by atoms with Crippen LogP contribution in [-0.2, 0) is 19.1 Å². The molecule has 3 amide bonds. The molecule has 2 fully saturated rings. The predicted octanol–water partition coefficient (Wildman–Crippen LogP) is -3.94. The van der Waals surface area contributed by atoms with Crippen LogP contribution in [0.25, 0.3) is 0 Å². The highest BCUT2D eigenvalue weighted by atomic mass is 16.5. The van der Waals surface area contributed by atoms with Gasteiger partial charge in [0, 0.05) is 13.3 Å². The van der Waals surface area contributed by atoms with Crippen molar-refractivity contribution in [2.45, 2.75) is 49.8 Å². The van der Waals surface area contributed by atoms with Gasteiger partial charge >= 0.3 is 0 Å². The second-order valence-electron chi connectivity index (χ2n) is 5.73. The van der Waals surface area contributed by atoms with Crippen molar-refractivity contribution in [1.82, 2.24) is 10.2 Å². The number of carbonyl (C=O) groups is 3. The van der Waals surface area contributed by atoms with Crippen molar-refractivity contribution in [3.05, 3.63) is 0 Å². The lowest BCUT2D eigenvalue weighted by Crippen LogP contribution is -2.63. The lowest BCUT2D eigenvalue weighted by atomic mass is 9.93. The lowest BCUT2D eigenvalue weighted by molar-refractivity contribution is -0.199. The Morgan fingerprint density at radius 3 is 2.48 bits per heavy atom. The molecular formula is C13H21N3O7. The molecule has 0 bridgehead atoms. The average molecular weight is 331 g/mol. The number of rotatable bonds is 4. The number of nitrogens with zero attached hydrogens (tertiary/aromatic N) is 1. The van der Waals surface area contributed by atoms with Crippen molar-refractivity contribution >= 4 is 17.7 Å². The van der Waals surface area contributed by atoms with Gasteiger partial charge in [-0.2, -0.15) is 0 Å². The second-order valence-corrected chi connectivity index (χ2v) is 5.73. The first-order valence-electron chi connectivity index (χ1n) is 7.25. The molecule has 2 saturated heterocycles. The Balaban J connectivity index is 2.25. The van der Waals surface area contributed by atoms with Crippen LogP contribution in [0, 0.1) is 0 Å². The molecule has 6 N–H and O–H groups in total. The van der Waals surface area contributed by atoms with Gasteiger partial charge < -0.3 is 36.0 Å². The Labute approximate surface area is 132 Å². The summed E-state index contributed by atoms with van der Waals surface area (Å²) in [5, 5.41) is 31.7. The van der Waals surface area contributed by atoms with Crippen LogP contribution in [0.3, 0.4) is 0 Å². The second kappa shape index (κ2) is 6.79. The van der Waals surface area contributed by atoms with Crippen molar-refractivity contribution < 1.29 is 34.4 Å². The van der Waals surface area contributed by atoms with Crippen LogP contribution < -0.4 is 11.1 Å². The molecular weight excluding hydrogens is 310 g/mol. The molecule has 0 aliphatic carbocycles. The highest BCUT2D eigenvalue weighted by Gasteiger charge is 2.55. The molecule has 10 heteroatoms. The molecule has 0 saturated carbocycles. The van der Waals surface area contributed by atoms with Gasteiger partial charge in [0.05, 0.1) is 25.3 Å². The minimum absolute atomic E-state index is 0.0477. The maximum absolute atomic E-state index is 12.3. The zero-order chi connectivity index (χ0) is 17.3. The van der Waals surface area contributed by atoms with Gasteiger partial charge in [-0.3, -0.25) is 14.4 Å². The van der Waals surface area contributed by atoms with Crippen LogP contribution in [0.2, 0.25) is 0 Å². The number of likely N-dealkylation sites (tertiary alicyclic amines) is 1. The van der Waals surface area contributed by atoms with Gasteiger partial charge in [-0.05, 0) is 0 Å². The van der Waals surface area contributed by atoms with E-state index in [9.17, 15) is 29.7 Å². The van der Waals surface area contributed by atoms with Crippen LogP contribution in [0.5, 0.6) is 0 Å². The molecule has 0 aromatic rings. The Hall–Kier alpha value is -1.75. The third kappa shape index (κ3) is 3.29. The van der Waals surface area contributed by atoms with E-state index in [1.54, 1.807) is 0 Å². The number of hydrogen-bond donors (Lipinski definition) is 5. The number of aliphatic hydroxyl groups is 3. The normalized spacial score (nSPS) is 36.4. The number of hydrogen-bond acceptors (Lipinski definition) is 7. The molecule has 0 aromatic heterocycles. The first-order chi connectivity index (χ1) is 10.8. The summed E-state index contributed by atoms with van der Waals surface area (Å²) in [4.78, 5) is 36.0. The van der Waals surface area contributed by atoms with Crippen LogP contribution in [0.4, 0.5) is 0 Å². The molecule has 10 nitrogen and oxygen atoms in total. The average Bonchev–Trinajstić information content (AvgIpc) is 2.88. The van der Waals surface area contributed by atoms with Crippen molar-refractivity contribution in [1.29, 1.82) is 0 Å². The fraction of sp³-hybridized carbons (Fsp3) is 0.769. The van der Waals surface area contributed by atoms with Crippen LogP contribution >= 0.6 is 0 Å².